The van der Waals surface area contributed by atoms with E-state index < -0.39 is 7.26 Å². The van der Waals surface area contributed by atoms with Gasteiger partial charge in [-0.2, -0.15) is 0 Å². The maximum absolute atomic E-state index is 10.7. The Hall–Kier alpha value is -0.0700. The molecule has 0 aliphatic rings. The molecule has 12 heavy (non-hydrogen) atoms. The lowest BCUT2D eigenvalue weighted by Crippen LogP contribution is -3.00. The van der Waals surface area contributed by atoms with Gasteiger partial charge in [0.05, 0.1) is 20.0 Å². The highest BCUT2D eigenvalue weighted by Crippen LogP contribution is 2.52. The first-order valence-corrected chi connectivity index (χ1v) is 6.72. The predicted octanol–water partition coefficient (Wildman–Crippen LogP) is -1.03. The number of rotatable bonds is 3. The Morgan fingerprint density at radius 2 is 1.92 bits per heavy atom. The summed E-state index contributed by atoms with van der Waals surface area (Å²) >= 11 is 0. The fourth-order valence-electron chi connectivity index (χ4n) is 0.374. The largest absolute Gasteiger partial charge is 1.00 e. The third-order valence-electron chi connectivity index (χ3n) is 1.54. The van der Waals surface area contributed by atoms with Crippen molar-refractivity contribution in [2.75, 3.05) is 20.0 Å². The second-order valence-corrected chi connectivity index (χ2v) is 8.32. The molecule has 1 unspecified atom stereocenters. The summed E-state index contributed by atoms with van der Waals surface area (Å²) in [5.74, 6) is -0.291. The zero-order chi connectivity index (χ0) is 9.07. The van der Waals surface area contributed by atoms with Gasteiger partial charge in [0.2, 0.25) is 5.85 Å². The molecule has 0 amide bonds. The van der Waals surface area contributed by atoms with E-state index in [0.29, 0.717) is 0 Å². The van der Waals surface area contributed by atoms with Gasteiger partial charge in [-0.15, -0.1) is 0 Å². The molecular weight excluding hydrogens is 195 g/mol. The molecule has 1 atom stereocenters. The smallest absolute Gasteiger partial charge is 0.333 e. The van der Waals surface area contributed by atoms with E-state index in [1.807, 2.05) is 6.92 Å². The van der Waals surface area contributed by atoms with Crippen molar-refractivity contribution in [3.8, 4) is 0 Å². The van der Waals surface area contributed by atoms with Crippen LogP contribution in [0.2, 0.25) is 0 Å². The summed E-state index contributed by atoms with van der Waals surface area (Å²) in [6, 6.07) is 0. The zero-order valence-corrected chi connectivity index (χ0v) is 9.65. The van der Waals surface area contributed by atoms with Crippen molar-refractivity contribution in [1.82, 2.24) is 0 Å². The summed E-state index contributed by atoms with van der Waals surface area (Å²) in [4.78, 5) is 10.7. The van der Waals surface area contributed by atoms with Crippen molar-refractivity contribution >= 4 is 13.2 Å². The second kappa shape index (κ2) is 5.55. The van der Waals surface area contributed by atoms with Gasteiger partial charge in [0, 0.05) is 20.3 Å². The maximum atomic E-state index is 10.7. The number of carbonyl (C=O) groups excluding carboxylic acids is 1. The molecule has 0 spiro atoms. The fourth-order valence-corrected chi connectivity index (χ4v) is 0.794. The molecule has 2 nitrogen and oxygen atoms in total. The number of carbonyl (C=O) groups is 1. The van der Waals surface area contributed by atoms with Crippen LogP contribution in [0.3, 0.4) is 0 Å². The fraction of sp³-hybridized carbons (Fsp3) is 0.625. The van der Waals surface area contributed by atoms with Crippen LogP contribution in [-0.4, -0.2) is 31.8 Å². The first-order chi connectivity index (χ1) is 4.88. The topological polar surface area (TPSA) is 26.3 Å². The molecule has 0 saturated carbocycles. The van der Waals surface area contributed by atoms with Gasteiger partial charge in [0.25, 0.3) is 0 Å². The lowest BCUT2D eigenvalue weighted by atomic mass is 10.6. The molecular formula is C8H16ClO2P. The van der Waals surface area contributed by atoms with E-state index in [2.05, 4.69) is 26.6 Å². The summed E-state index contributed by atoms with van der Waals surface area (Å²) in [7, 11) is -1.06. The van der Waals surface area contributed by atoms with Gasteiger partial charge in [-0.3, -0.25) is 0 Å². The van der Waals surface area contributed by atoms with E-state index in [4.69, 9.17) is 4.74 Å². The van der Waals surface area contributed by atoms with Crippen LogP contribution in [0.15, 0.2) is 12.7 Å². The minimum absolute atomic E-state index is 0. The number of hydrogen-bond acceptors (Lipinski definition) is 2. The molecule has 0 N–H and O–H groups in total. The normalized spacial score (nSPS) is 12.7. The highest BCUT2D eigenvalue weighted by molar-refractivity contribution is 7.74. The number of hydrogen-bond donors (Lipinski definition) is 0. The molecule has 0 saturated heterocycles. The van der Waals surface area contributed by atoms with Crippen molar-refractivity contribution in [3.05, 3.63) is 12.7 Å². The minimum atomic E-state index is -1.06. The average Bonchev–Trinajstić information content (AvgIpc) is 1.85. The molecule has 0 bridgehead atoms. The van der Waals surface area contributed by atoms with Crippen molar-refractivity contribution < 1.29 is 21.9 Å². The lowest BCUT2D eigenvalue weighted by Gasteiger charge is -2.19. The molecule has 0 aromatic rings. The molecule has 4 heteroatoms. The van der Waals surface area contributed by atoms with Gasteiger partial charge >= 0.3 is 5.97 Å². The predicted molar refractivity (Wildman–Crippen MR) is 50.4 cm³/mol. The quantitative estimate of drug-likeness (QED) is 0.339. The van der Waals surface area contributed by atoms with Gasteiger partial charge < -0.3 is 17.1 Å². The van der Waals surface area contributed by atoms with Gasteiger partial charge in [0.1, 0.15) is 0 Å². The SMILES string of the molecule is C=CC(=O)OC(C)[P+](C)(C)C.[Cl-]. The monoisotopic (exact) mass is 210 g/mol. The Morgan fingerprint density at radius 1 is 1.50 bits per heavy atom. The molecule has 0 heterocycles. The van der Waals surface area contributed by atoms with E-state index >= 15 is 0 Å². The third-order valence-corrected chi connectivity index (χ3v) is 3.83. The number of halogens is 1. The highest BCUT2D eigenvalue weighted by atomic mass is 35.5. The Balaban J connectivity index is 0. The third kappa shape index (κ3) is 5.56. The molecule has 72 valence electrons. The Bertz CT molecular complexity index is 163. The minimum Gasteiger partial charge on any atom is -1.00 e. The van der Waals surface area contributed by atoms with Crippen LogP contribution in [0.25, 0.3) is 0 Å². The van der Waals surface area contributed by atoms with Crippen LogP contribution in [-0.2, 0) is 9.53 Å². The highest BCUT2D eigenvalue weighted by Gasteiger charge is 2.29. The molecule has 0 rings (SSSR count). The Labute approximate surface area is 81.1 Å². The van der Waals surface area contributed by atoms with Crippen LogP contribution in [0.1, 0.15) is 6.92 Å². The van der Waals surface area contributed by atoms with Crippen molar-refractivity contribution in [2.24, 2.45) is 0 Å². The van der Waals surface area contributed by atoms with Gasteiger partial charge in [0.15, 0.2) is 0 Å². The molecule has 0 aromatic carbocycles. The maximum Gasteiger partial charge on any atom is 0.333 e. The van der Waals surface area contributed by atoms with E-state index in [1.165, 1.54) is 6.08 Å². The summed E-state index contributed by atoms with van der Waals surface area (Å²) in [5.41, 5.74) is 0. The summed E-state index contributed by atoms with van der Waals surface area (Å²) in [6.45, 7) is 11.7. The summed E-state index contributed by atoms with van der Waals surface area (Å²) < 4.78 is 5.06. The van der Waals surface area contributed by atoms with Crippen LogP contribution >= 0.6 is 7.26 Å². The van der Waals surface area contributed by atoms with Crippen LogP contribution in [0, 0.1) is 0 Å². The van der Waals surface area contributed by atoms with E-state index in [1.54, 1.807) is 0 Å². The van der Waals surface area contributed by atoms with Crippen molar-refractivity contribution in [3.63, 3.8) is 0 Å². The number of esters is 1. The molecule has 0 fully saturated rings. The Kier molecular flexibility index (Phi) is 6.69. The lowest BCUT2D eigenvalue weighted by molar-refractivity contribution is -0.138. The second-order valence-electron chi connectivity index (χ2n) is 3.36. The van der Waals surface area contributed by atoms with Crippen LogP contribution < -0.4 is 12.4 Å². The van der Waals surface area contributed by atoms with Crippen LogP contribution in [0.5, 0.6) is 0 Å². The van der Waals surface area contributed by atoms with Gasteiger partial charge in [-0.25, -0.2) is 4.79 Å². The first-order valence-electron chi connectivity index (χ1n) is 3.52. The Morgan fingerprint density at radius 3 is 2.17 bits per heavy atom. The van der Waals surface area contributed by atoms with Crippen LogP contribution in [0.4, 0.5) is 0 Å². The molecule has 0 aromatic heterocycles. The van der Waals surface area contributed by atoms with E-state index in [-0.39, 0.29) is 24.2 Å². The number of ether oxygens (including phenoxy) is 1. The summed E-state index contributed by atoms with van der Waals surface area (Å²) in [5, 5.41) is 0. The van der Waals surface area contributed by atoms with E-state index in [0.717, 1.165) is 0 Å². The average molecular weight is 211 g/mol. The van der Waals surface area contributed by atoms with Gasteiger partial charge in [-0.1, -0.05) is 6.58 Å². The molecule has 0 aliphatic heterocycles. The molecule has 0 aliphatic carbocycles. The molecule has 0 radical (unpaired) electrons. The summed E-state index contributed by atoms with van der Waals surface area (Å²) in [6.07, 6.45) is 1.20. The van der Waals surface area contributed by atoms with Gasteiger partial charge in [-0.05, 0) is 0 Å². The van der Waals surface area contributed by atoms with Crippen molar-refractivity contribution in [2.45, 2.75) is 12.8 Å². The standard InChI is InChI=1S/C8H16O2P.ClH/c1-6-8(9)10-7(2)11(3,4)5;/h6-7H,1H2,2-5H3;1H/q+1;/p-1. The van der Waals surface area contributed by atoms with E-state index in [9.17, 15) is 4.79 Å². The zero-order valence-electron chi connectivity index (χ0n) is 8.00. The first kappa shape index (κ1) is 14.5. The van der Waals surface area contributed by atoms with Crippen molar-refractivity contribution in [1.29, 1.82) is 0 Å².